The second kappa shape index (κ2) is 6.00. The number of hydrogen-bond acceptors (Lipinski definition) is 1. The monoisotopic (exact) mass is 340 g/mol. The van der Waals surface area contributed by atoms with Crippen LogP contribution in [0.25, 0.3) is 0 Å². The minimum atomic E-state index is -1.28. The Hall–Kier alpha value is -1.57. The molecule has 0 heterocycles. The molecule has 3 fully saturated rings. The van der Waals surface area contributed by atoms with Crippen LogP contribution in [0.4, 0.5) is 4.39 Å². The fraction of sp³-hybridized carbons (Fsp3) is 0.565. The van der Waals surface area contributed by atoms with Crippen molar-refractivity contribution < 1.29 is 9.13 Å². The van der Waals surface area contributed by atoms with Gasteiger partial charge in [-0.2, -0.15) is 0 Å². The molecule has 4 aliphatic carbocycles. The van der Waals surface area contributed by atoms with Gasteiger partial charge in [-0.25, -0.2) is 4.39 Å². The number of allylic oxidation sites excluding steroid dienone is 4. The van der Waals surface area contributed by atoms with Crippen molar-refractivity contribution in [2.45, 2.75) is 63.5 Å². The molecule has 1 aromatic carbocycles. The summed E-state index contributed by atoms with van der Waals surface area (Å²) < 4.78 is 22.0. The van der Waals surface area contributed by atoms with Gasteiger partial charge in [0.25, 0.3) is 0 Å². The smallest absolute Gasteiger partial charge is 0.145 e. The molecule has 0 N–H and O–H groups in total. The number of fused-ring (bicyclic) bond motifs is 3. The van der Waals surface area contributed by atoms with Gasteiger partial charge in [0.1, 0.15) is 11.4 Å². The van der Waals surface area contributed by atoms with Gasteiger partial charge in [-0.15, -0.1) is 0 Å². The lowest BCUT2D eigenvalue weighted by molar-refractivity contribution is -0.0987. The summed E-state index contributed by atoms with van der Waals surface area (Å²) in [5, 5.41) is 0. The Bertz CT molecular complexity index is 662. The molecule has 0 aromatic heterocycles. The average molecular weight is 340 g/mol. The van der Waals surface area contributed by atoms with E-state index in [2.05, 4.69) is 13.0 Å². The van der Waals surface area contributed by atoms with Crippen LogP contribution in [-0.2, 0) is 0 Å². The number of rotatable bonds is 4. The van der Waals surface area contributed by atoms with Crippen molar-refractivity contribution in [2.24, 2.45) is 10.8 Å². The summed E-state index contributed by atoms with van der Waals surface area (Å²) in [4.78, 5) is 0. The lowest BCUT2D eigenvalue weighted by atomic mass is 9.46. The van der Waals surface area contributed by atoms with Gasteiger partial charge in [0.05, 0.1) is 7.11 Å². The van der Waals surface area contributed by atoms with Crippen LogP contribution in [0.15, 0.2) is 48.6 Å². The number of hydrogen-bond donors (Lipinski definition) is 0. The van der Waals surface area contributed by atoms with E-state index in [1.807, 2.05) is 42.5 Å². The zero-order valence-corrected chi connectivity index (χ0v) is 15.4. The normalized spacial score (nSPS) is 39.6. The zero-order valence-electron chi connectivity index (χ0n) is 15.4. The second-order valence-corrected chi connectivity index (χ2v) is 8.40. The standard InChI is InChI=1S/C23H29FO/c1-3-21-12-15-22(16-13-21,17-14-21)23(24)11-5-4-6-20(23)18-7-9-19(25-2)10-8-18/h4-11,20H,3,12-17H2,1-2H3. The molecule has 2 bridgehead atoms. The summed E-state index contributed by atoms with van der Waals surface area (Å²) in [7, 11) is 1.67. The van der Waals surface area contributed by atoms with Crippen LogP contribution in [0, 0.1) is 10.8 Å². The molecular weight excluding hydrogens is 311 g/mol. The van der Waals surface area contributed by atoms with E-state index < -0.39 is 5.67 Å². The summed E-state index contributed by atoms with van der Waals surface area (Å²) >= 11 is 0. The quantitative estimate of drug-likeness (QED) is 0.619. The van der Waals surface area contributed by atoms with E-state index in [1.165, 1.54) is 25.7 Å². The number of ether oxygens (including phenoxy) is 1. The summed E-state index contributed by atoms with van der Waals surface area (Å²) in [5.74, 6) is 0.625. The molecule has 4 aliphatic rings. The highest BCUT2D eigenvalue weighted by atomic mass is 19.1. The van der Waals surface area contributed by atoms with Crippen LogP contribution in [-0.4, -0.2) is 12.8 Å². The Morgan fingerprint density at radius 1 is 1.00 bits per heavy atom. The third kappa shape index (κ3) is 2.48. The SMILES string of the molecule is CCC12CCC(C3(F)C=CC=CC3c3ccc(OC)cc3)(CC1)CC2. The third-order valence-electron chi connectivity index (χ3n) is 7.65. The van der Waals surface area contributed by atoms with Gasteiger partial charge in [0.2, 0.25) is 0 Å². The average Bonchev–Trinajstić information content (AvgIpc) is 2.70. The lowest BCUT2D eigenvalue weighted by Crippen LogP contribution is -2.54. The molecule has 2 unspecified atom stereocenters. The molecule has 0 aliphatic heterocycles. The van der Waals surface area contributed by atoms with E-state index in [4.69, 9.17) is 4.74 Å². The van der Waals surface area contributed by atoms with Gasteiger partial charge in [-0.3, -0.25) is 0 Å². The van der Waals surface area contributed by atoms with Gasteiger partial charge in [-0.05, 0) is 67.7 Å². The van der Waals surface area contributed by atoms with E-state index >= 15 is 4.39 Å². The molecular formula is C23H29FO. The molecule has 0 radical (unpaired) electrons. The molecule has 0 spiro atoms. The molecule has 2 atom stereocenters. The van der Waals surface area contributed by atoms with Crippen LogP contribution in [0.3, 0.4) is 0 Å². The maximum atomic E-state index is 16.7. The first-order chi connectivity index (χ1) is 12.1. The second-order valence-electron chi connectivity index (χ2n) is 8.40. The van der Waals surface area contributed by atoms with Crippen molar-refractivity contribution in [3.05, 3.63) is 54.1 Å². The van der Waals surface area contributed by atoms with Gasteiger partial charge >= 0.3 is 0 Å². The molecule has 1 aromatic rings. The summed E-state index contributed by atoms with van der Waals surface area (Å²) in [6.07, 6.45) is 15.8. The van der Waals surface area contributed by atoms with Crippen molar-refractivity contribution in [3.63, 3.8) is 0 Å². The van der Waals surface area contributed by atoms with Crippen LogP contribution >= 0.6 is 0 Å². The highest BCUT2D eigenvalue weighted by Crippen LogP contribution is 2.66. The highest BCUT2D eigenvalue weighted by Gasteiger charge is 2.60. The minimum absolute atomic E-state index is 0.198. The van der Waals surface area contributed by atoms with E-state index in [0.29, 0.717) is 5.41 Å². The number of methoxy groups -OCH3 is 1. The molecule has 1 nitrogen and oxygen atoms in total. The van der Waals surface area contributed by atoms with Crippen molar-refractivity contribution in [1.82, 2.24) is 0 Å². The number of benzene rings is 1. The molecule has 5 rings (SSSR count). The van der Waals surface area contributed by atoms with E-state index in [0.717, 1.165) is 30.6 Å². The molecule has 2 heteroatoms. The first kappa shape index (κ1) is 16.9. The van der Waals surface area contributed by atoms with Crippen molar-refractivity contribution in [3.8, 4) is 5.75 Å². The molecule has 3 saturated carbocycles. The Morgan fingerprint density at radius 2 is 1.64 bits per heavy atom. The Balaban J connectivity index is 1.68. The van der Waals surface area contributed by atoms with Crippen LogP contribution < -0.4 is 4.74 Å². The molecule has 0 amide bonds. The lowest BCUT2D eigenvalue weighted by Gasteiger charge is -2.59. The predicted octanol–water partition coefficient (Wildman–Crippen LogP) is 6.36. The van der Waals surface area contributed by atoms with E-state index in [-0.39, 0.29) is 11.3 Å². The van der Waals surface area contributed by atoms with Gasteiger partial charge in [0.15, 0.2) is 0 Å². The first-order valence-corrected chi connectivity index (χ1v) is 9.75. The fourth-order valence-electron chi connectivity index (χ4n) is 5.65. The van der Waals surface area contributed by atoms with Crippen LogP contribution in [0.5, 0.6) is 5.75 Å². The fourth-order valence-corrected chi connectivity index (χ4v) is 5.65. The molecule has 0 saturated heterocycles. The topological polar surface area (TPSA) is 9.23 Å². The van der Waals surface area contributed by atoms with Gasteiger partial charge in [-0.1, -0.05) is 43.7 Å². The third-order valence-corrected chi connectivity index (χ3v) is 7.65. The van der Waals surface area contributed by atoms with E-state index in [9.17, 15) is 0 Å². The Kier molecular flexibility index (Phi) is 4.05. The number of alkyl halides is 1. The highest BCUT2D eigenvalue weighted by molar-refractivity contribution is 5.40. The summed E-state index contributed by atoms with van der Waals surface area (Å²) in [6.45, 7) is 2.31. The van der Waals surface area contributed by atoms with Crippen molar-refractivity contribution in [2.75, 3.05) is 7.11 Å². The van der Waals surface area contributed by atoms with Crippen molar-refractivity contribution in [1.29, 1.82) is 0 Å². The summed E-state index contributed by atoms with van der Waals surface area (Å²) in [6, 6.07) is 7.95. The molecule has 134 valence electrons. The first-order valence-electron chi connectivity index (χ1n) is 9.75. The maximum absolute atomic E-state index is 16.7. The Morgan fingerprint density at radius 3 is 2.20 bits per heavy atom. The van der Waals surface area contributed by atoms with Crippen LogP contribution in [0.1, 0.15) is 63.4 Å². The van der Waals surface area contributed by atoms with E-state index in [1.54, 1.807) is 7.11 Å². The van der Waals surface area contributed by atoms with Crippen molar-refractivity contribution >= 4 is 0 Å². The number of halogens is 1. The maximum Gasteiger partial charge on any atom is 0.145 e. The predicted molar refractivity (Wildman–Crippen MR) is 101 cm³/mol. The van der Waals surface area contributed by atoms with Gasteiger partial charge < -0.3 is 4.74 Å². The Labute approximate surface area is 151 Å². The van der Waals surface area contributed by atoms with Crippen LogP contribution in [0.2, 0.25) is 0 Å². The largest absolute Gasteiger partial charge is 0.497 e. The minimum Gasteiger partial charge on any atom is -0.497 e. The zero-order chi connectivity index (χ0) is 17.5. The molecule has 25 heavy (non-hydrogen) atoms. The van der Waals surface area contributed by atoms with Gasteiger partial charge in [0, 0.05) is 11.3 Å². The summed E-state index contributed by atoms with van der Waals surface area (Å²) in [5.41, 5.74) is 0.0742.